The van der Waals surface area contributed by atoms with Gasteiger partial charge in [-0.3, -0.25) is 9.59 Å². The summed E-state index contributed by atoms with van der Waals surface area (Å²) >= 11 is 0. The maximum absolute atomic E-state index is 11.6. The molecule has 3 unspecified atom stereocenters. The van der Waals surface area contributed by atoms with Gasteiger partial charge in [-0.15, -0.1) is 6.58 Å². The van der Waals surface area contributed by atoms with Crippen LogP contribution < -0.4 is 5.73 Å². The molecule has 1 amide bonds. The zero-order chi connectivity index (χ0) is 17.3. The van der Waals surface area contributed by atoms with E-state index in [-0.39, 0.29) is 18.8 Å². The first-order valence-corrected chi connectivity index (χ1v) is 7.34. The predicted octanol–water partition coefficient (Wildman–Crippen LogP) is 0.0737. The molecule has 0 saturated heterocycles. The SMILES string of the molecule is C=CCCC(=O)OC(C(N)=O)C(C(O)O)C(O)CCC(C)C. The second kappa shape index (κ2) is 10.3. The fourth-order valence-electron chi connectivity index (χ4n) is 2.00. The number of rotatable bonds is 11. The second-order valence-electron chi connectivity index (χ2n) is 5.67. The van der Waals surface area contributed by atoms with Gasteiger partial charge < -0.3 is 25.8 Å². The Labute approximate surface area is 130 Å². The van der Waals surface area contributed by atoms with Crippen LogP contribution in [-0.4, -0.2) is 45.7 Å². The van der Waals surface area contributed by atoms with Crippen molar-refractivity contribution in [2.45, 2.75) is 58.0 Å². The number of hydrogen-bond donors (Lipinski definition) is 4. The van der Waals surface area contributed by atoms with Gasteiger partial charge >= 0.3 is 5.97 Å². The Morgan fingerprint density at radius 3 is 2.23 bits per heavy atom. The van der Waals surface area contributed by atoms with E-state index < -0.39 is 36.3 Å². The van der Waals surface area contributed by atoms with E-state index in [1.165, 1.54) is 6.08 Å². The summed E-state index contributed by atoms with van der Waals surface area (Å²) in [6.07, 6.45) is -2.17. The van der Waals surface area contributed by atoms with Crippen molar-refractivity contribution in [2.75, 3.05) is 0 Å². The quantitative estimate of drug-likeness (QED) is 0.242. The number of hydrogen-bond acceptors (Lipinski definition) is 6. The van der Waals surface area contributed by atoms with Crippen LogP contribution in [-0.2, 0) is 14.3 Å². The molecule has 7 heteroatoms. The summed E-state index contributed by atoms with van der Waals surface area (Å²) in [7, 11) is 0. The fourth-order valence-corrected chi connectivity index (χ4v) is 2.00. The first-order chi connectivity index (χ1) is 10.2. The number of nitrogens with two attached hydrogens (primary N) is 1. The molecule has 22 heavy (non-hydrogen) atoms. The number of primary amides is 1. The number of amides is 1. The average Bonchev–Trinajstić information content (AvgIpc) is 2.41. The maximum atomic E-state index is 11.6. The van der Waals surface area contributed by atoms with Gasteiger partial charge in [0.25, 0.3) is 5.91 Å². The van der Waals surface area contributed by atoms with Crippen LogP contribution in [0.15, 0.2) is 12.7 Å². The lowest BCUT2D eigenvalue weighted by molar-refractivity contribution is -0.184. The van der Waals surface area contributed by atoms with Crippen molar-refractivity contribution in [1.29, 1.82) is 0 Å². The molecule has 0 aliphatic carbocycles. The third kappa shape index (κ3) is 7.53. The molecule has 0 aromatic rings. The molecule has 0 aromatic heterocycles. The molecule has 128 valence electrons. The van der Waals surface area contributed by atoms with E-state index in [2.05, 4.69) is 6.58 Å². The van der Waals surface area contributed by atoms with Crippen molar-refractivity contribution in [3.8, 4) is 0 Å². The fraction of sp³-hybridized carbons (Fsp3) is 0.733. The minimum Gasteiger partial charge on any atom is -0.452 e. The lowest BCUT2D eigenvalue weighted by Gasteiger charge is -2.30. The van der Waals surface area contributed by atoms with Gasteiger partial charge in [-0.05, 0) is 25.2 Å². The van der Waals surface area contributed by atoms with Crippen LogP contribution in [0, 0.1) is 11.8 Å². The smallest absolute Gasteiger partial charge is 0.306 e. The van der Waals surface area contributed by atoms with E-state index in [1.54, 1.807) is 0 Å². The lowest BCUT2D eigenvalue weighted by atomic mass is 9.89. The molecule has 0 aliphatic rings. The van der Waals surface area contributed by atoms with Crippen LogP contribution in [0.5, 0.6) is 0 Å². The summed E-state index contributed by atoms with van der Waals surface area (Å²) in [5.41, 5.74) is 5.18. The van der Waals surface area contributed by atoms with E-state index in [0.29, 0.717) is 12.8 Å². The molecular weight excluding hydrogens is 290 g/mol. The number of carbonyl (C=O) groups excluding carboxylic acids is 2. The predicted molar refractivity (Wildman–Crippen MR) is 80.3 cm³/mol. The molecule has 7 nitrogen and oxygen atoms in total. The van der Waals surface area contributed by atoms with Gasteiger partial charge in [-0.1, -0.05) is 19.9 Å². The minimum absolute atomic E-state index is 0.0103. The molecule has 0 rings (SSSR count). The Morgan fingerprint density at radius 1 is 1.23 bits per heavy atom. The zero-order valence-corrected chi connectivity index (χ0v) is 13.1. The van der Waals surface area contributed by atoms with Crippen molar-refractivity contribution in [3.63, 3.8) is 0 Å². The molecular formula is C15H27NO6. The molecule has 0 bridgehead atoms. The van der Waals surface area contributed by atoms with Gasteiger partial charge in [0.2, 0.25) is 0 Å². The van der Waals surface area contributed by atoms with Crippen LogP contribution in [0.3, 0.4) is 0 Å². The van der Waals surface area contributed by atoms with Crippen LogP contribution in [0.1, 0.15) is 39.5 Å². The van der Waals surface area contributed by atoms with Crippen molar-refractivity contribution < 1.29 is 29.6 Å². The van der Waals surface area contributed by atoms with Gasteiger partial charge in [0.1, 0.15) is 0 Å². The summed E-state index contributed by atoms with van der Waals surface area (Å²) < 4.78 is 4.92. The van der Waals surface area contributed by atoms with Crippen molar-refractivity contribution in [3.05, 3.63) is 12.7 Å². The van der Waals surface area contributed by atoms with Gasteiger partial charge in [0, 0.05) is 6.42 Å². The topological polar surface area (TPSA) is 130 Å². The Bertz CT molecular complexity index is 369. The second-order valence-corrected chi connectivity index (χ2v) is 5.67. The highest BCUT2D eigenvalue weighted by atomic mass is 16.6. The van der Waals surface area contributed by atoms with E-state index in [9.17, 15) is 24.9 Å². The summed E-state index contributed by atoms with van der Waals surface area (Å²) in [6, 6.07) is 0. The van der Waals surface area contributed by atoms with E-state index >= 15 is 0 Å². The van der Waals surface area contributed by atoms with Crippen LogP contribution >= 0.6 is 0 Å². The zero-order valence-electron chi connectivity index (χ0n) is 13.1. The Morgan fingerprint density at radius 2 is 1.82 bits per heavy atom. The average molecular weight is 317 g/mol. The number of aliphatic hydroxyl groups excluding tert-OH is 2. The van der Waals surface area contributed by atoms with Crippen LogP contribution in [0.2, 0.25) is 0 Å². The summed E-state index contributed by atoms with van der Waals surface area (Å²) in [4.78, 5) is 23.1. The standard InChI is InChI=1S/C15H27NO6/c1-4-5-6-11(18)22-13(14(16)19)12(15(20)21)10(17)8-7-9(2)3/h4,9-10,12-13,15,17,20-21H,1,5-8H2,2-3H3,(H2,16,19). The molecule has 0 fully saturated rings. The summed E-state index contributed by atoms with van der Waals surface area (Å²) in [5.74, 6) is -2.85. The number of esters is 1. The van der Waals surface area contributed by atoms with Gasteiger partial charge in [0.15, 0.2) is 12.4 Å². The highest BCUT2D eigenvalue weighted by Crippen LogP contribution is 2.22. The molecule has 3 atom stereocenters. The number of ether oxygens (including phenoxy) is 1. The minimum atomic E-state index is -2.04. The largest absolute Gasteiger partial charge is 0.452 e. The van der Waals surface area contributed by atoms with Gasteiger partial charge in [-0.25, -0.2) is 0 Å². The van der Waals surface area contributed by atoms with Crippen LogP contribution in [0.4, 0.5) is 0 Å². The first kappa shape index (κ1) is 20.6. The molecule has 5 N–H and O–H groups in total. The summed E-state index contributed by atoms with van der Waals surface area (Å²) in [5, 5.41) is 29.0. The van der Waals surface area contributed by atoms with E-state index in [1.807, 2.05) is 13.8 Å². The number of allylic oxidation sites excluding steroid dienone is 1. The molecule has 0 spiro atoms. The highest BCUT2D eigenvalue weighted by molar-refractivity contribution is 5.82. The van der Waals surface area contributed by atoms with Crippen molar-refractivity contribution in [2.24, 2.45) is 17.6 Å². The van der Waals surface area contributed by atoms with E-state index in [0.717, 1.165) is 0 Å². The molecule has 0 aliphatic heterocycles. The molecule has 0 radical (unpaired) electrons. The van der Waals surface area contributed by atoms with Crippen LogP contribution in [0.25, 0.3) is 0 Å². The highest BCUT2D eigenvalue weighted by Gasteiger charge is 2.39. The monoisotopic (exact) mass is 317 g/mol. The third-order valence-corrected chi connectivity index (χ3v) is 3.27. The maximum Gasteiger partial charge on any atom is 0.306 e. The summed E-state index contributed by atoms with van der Waals surface area (Å²) in [6.45, 7) is 7.34. The van der Waals surface area contributed by atoms with Gasteiger partial charge in [-0.2, -0.15) is 0 Å². The normalized spacial score (nSPS) is 15.4. The number of carbonyl (C=O) groups is 2. The lowest BCUT2D eigenvalue weighted by Crippen LogP contribution is -2.49. The third-order valence-electron chi connectivity index (χ3n) is 3.27. The Balaban J connectivity index is 4.98. The number of aliphatic hydroxyl groups is 3. The molecule has 0 aromatic carbocycles. The van der Waals surface area contributed by atoms with Crippen molar-refractivity contribution in [1.82, 2.24) is 0 Å². The van der Waals surface area contributed by atoms with Gasteiger partial charge in [0.05, 0.1) is 12.0 Å². The first-order valence-electron chi connectivity index (χ1n) is 7.34. The molecule has 0 saturated carbocycles. The van der Waals surface area contributed by atoms with Crippen molar-refractivity contribution >= 4 is 11.9 Å². The Kier molecular flexibility index (Phi) is 9.64. The van der Waals surface area contributed by atoms with E-state index in [4.69, 9.17) is 10.5 Å². The Hall–Kier alpha value is -1.44. The molecule has 0 heterocycles.